The molecule has 0 saturated carbocycles. The van der Waals surface area contributed by atoms with Gasteiger partial charge in [0.1, 0.15) is 11.6 Å². The van der Waals surface area contributed by atoms with Crippen molar-refractivity contribution in [3.8, 4) is 11.3 Å². The second-order valence-electron chi connectivity index (χ2n) is 6.95. The molecule has 2 aromatic carbocycles. The van der Waals surface area contributed by atoms with E-state index in [1.165, 1.54) is 6.07 Å². The summed E-state index contributed by atoms with van der Waals surface area (Å²) in [4.78, 5) is 14.1. The van der Waals surface area contributed by atoms with Crippen LogP contribution in [0.3, 0.4) is 0 Å². The first-order valence-electron chi connectivity index (χ1n) is 9.68. The van der Waals surface area contributed by atoms with E-state index in [0.29, 0.717) is 17.0 Å². The van der Waals surface area contributed by atoms with E-state index in [1.807, 2.05) is 59.6 Å². The van der Waals surface area contributed by atoms with E-state index in [4.69, 9.17) is 4.98 Å². The van der Waals surface area contributed by atoms with Gasteiger partial charge in [0, 0.05) is 30.6 Å². The molecular formula is C22H19FN6S. The van der Waals surface area contributed by atoms with Crippen molar-refractivity contribution in [1.29, 1.82) is 0 Å². The van der Waals surface area contributed by atoms with Gasteiger partial charge in [0.2, 0.25) is 0 Å². The number of imidazole rings is 1. The van der Waals surface area contributed by atoms with Gasteiger partial charge in [-0.15, -0.1) is 5.10 Å². The van der Waals surface area contributed by atoms with Gasteiger partial charge in [0.15, 0.2) is 16.6 Å². The summed E-state index contributed by atoms with van der Waals surface area (Å²) in [5, 5.41) is 6.36. The van der Waals surface area contributed by atoms with Crippen LogP contribution in [0.4, 0.5) is 4.39 Å². The number of aromatic nitrogens is 6. The van der Waals surface area contributed by atoms with Crippen molar-refractivity contribution in [2.75, 3.05) is 0 Å². The molecule has 6 nitrogen and oxygen atoms in total. The number of thioether (sulfide) groups is 1. The van der Waals surface area contributed by atoms with Gasteiger partial charge in [-0.05, 0) is 24.3 Å². The molecule has 0 unspecified atom stereocenters. The minimum Gasteiger partial charge on any atom is -0.337 e. The van der Waals surface area contributed by atoms with Crippen LogP contribution in [0.2, 0.25) is 0 Å². The first-order chi connectivity index (χ1) is 14.6. The highest BCUT2D eigenvalue weighted by Gasteiger charge is 2.15. The predicted molar refractivity (Wildman–Crippen MR) is 116 cm³/mol. The first kappa shape index (κ1) is 18.7. The molecular weight excluding hydrogens is 399 g/mol. The number of para-hydroxylation sites is 1. The summed E-state index contributed by atoms with van der Waals surface area (Å²) in [6.07, 6.45) is 2.61. The van der Waals surface area contributed by atoms with Gasteiger partial charge in [0.05, 0.1) is 17.0 Å². The van der Waals surface area contributed by atoms with E-state index in [0.717, 1.165) is 39.8 Å². The predicted octanol–water partition coefficient (Wildman–Crippen LogP) is 4.67. The molecule has 0 fully saturated rings. The van der Waals surface area contributed by atoms with Crippen LogP contribution in [-0.2, 0) is 19.2 Å². The molecule has 0 aliphatic rings. The van der Waals surface area contributed by atoms with Gasteiger partial charge in [-0.1, -0.05) is 43.0 Å². The summed E-state index contributed by atoms with van der Waals surface area (Å²) >= 11 is 1.54. The topological polar surface area (TPSA) is 60.9 Å². The zero-order chi connectivity index (χ0) is 20.7. The molecule has 5 aromatic rings. The molecule has 30 heavy (non-hydrogen) atoms. The van der Waals surface area contributed by atoms with Crippen molar-refractivity contribution in [1.82, 2.24) is 29.1 Å². The largest absolute Gasteiger partial charge is 0.337 e. The van der Waals surface area contributed by atoms with E-state index >= 15 is 0 Å². The summed E-state index contributed by atoms with van der Waals surface area (Å²) in [6, 6.07) is 14.6. The Morgan fingerprint density at radius 2 is 1.80 bits per heavy atom. The quantitative estimate of drug-likeness (QED) is 0.307. The van der Waals surface area contributed by atoms with Crippen LogP contribution < -0.4 is 0 Å². The van der Waals surface area contributed by atoms with Gasteiger partial charge < -0.3 is 4.57 Å². The smallest absolute Gasteiger partial charge is 0.191 e. The molecule has 3 heterocycles. The monoisotopic (exact) mass is 418 g/mol. The van der Waals surface area contributed by atoms with Crippen molar-refractivity contribution < 1.29 is 4.39 Å². The fourth-order valence-electron chi connectivity index (χ4n) is 3.38. The highest BCUT2D eigenvalue weighted by molar-refractivity contribution is 7.98. The van der Waals surface area contributed by atoms with Crippen molar-refractivity contribution in [2.24, 2.45) is 7.05 Å². The SMILES string of the molecule is CCc1nc2c3ccccc3nc(SCc3nc(-c4ccccc4F)cn3C)n2n1. The number of nitrogens with zero attached hydrogens (tertiary/aromatic N) is 6. The Balaban J connectivity index is 1.51. The average Bonchev–Trinajstić information content (AvgIpc) is 3.36. The second-order valence-corrected chi connectivity index (χ2v) is 7.89. The summed E-state index contributed by atoms with van der Waals surface area (Å²) in [5.41, 5.74) is 2.82. The van der Waals surface area contributed by atoms with E-state index in [1.54, 1.807) is 23.9 Å². The minimum atomic E-state index is -0.276. The Labute approximate surface area is 176 Å². The van der Waals surface area contributed by atoms with Crippen LogP contribution in [0.25, 0.3) is 27.8 Å². The second kappa shape index (κ2) is 7.53. The number of aryl methyl sites for hydroxylation is 2. The molecule has 0 saturated heterocycles. The standard InChI is InChI=1S/C22H19FN6S/c1-3-19-26-21-15-9-5-7-11-17(15)25-22(29(21)27-19)30-13-20-24-18(12-28(20)2)14-8-4-6-10-16(14)23/h4-12H,3,13H2,1-2H3. The lowest BCUT2D eigenvalue weighted by Gasteiger charge is -2.06. The fraction of sp³-hybridized carbons (Fsp3) is 0.182. The van der Waals surface area contributed by atoms with Crippen molar-refractivity contribution in [2.45, 2.75) is 24.3 Å². The molecule has 0 spiro atoms. The molecule has 0 radical (unpaired) electrons. The van der Waals surface area contributed by atoms with Crippen LogP contribution in [0, 0.1) is 5.82 Å². The van der Waals surface area contributed by atoms with E-state index in [9.17, 15) is 4.39 Å². The van der Waals surface area contributed by atoms with Gasteiger partial charge in [0.25, 0.3) is 0 Å². The van der Waals surface area contributed by atoms with E-state index < -0.39 is 0 Å². The first-order valence-corrected chi connectivity index (χ1v) is 10.7. The molecule has 3 aromatic heterocycles. The average molecular weight is 419 g/mol. The molecule has 0 amide bonds. The fourth-order valence-corrected chi connectivity index (χ4v) is 4.32. The van der Waals surface area contributed by atoms with Gasteiger partial charge in [-0.2, -0.15) is 4.52 Å². The minimum absolute atomic E-state index is 0.276. The molecule has 8 heteroatoms. The number of fused-ring (bicyclic) bond motifs is 3. The molecule has 150 valence electrons. The van der Waals surface area contributed by atoms with Gasteiger partial charge >= 0.3 is 0 Å². The Morgan fingerprint density at radius 3 is 2.63 bits per heavy atom. The third-order valence-corrected chi connectivity index (χ3v) is 5.89. The highest BCUT2D eigenvalue weighted by Crippen LogP contribution is 2.28. The molecule has 0 atom stereocenters. The molecule has 0 aliphatic carbocycles. The Bertz CT molecular complexity index is 1370. The van der Waals surface area contributed by atoms with Crippen LogP contribution in [0.15, 0.2) is 59.9 Å². The lowest BCUT2D eigenvalue weighted by atomic mass is 10.1. The molecule has 0 bridgehead atoms. The van der Waals surface area contributed by atoms with E-state index in [2.05, 4.69) is 15.1 Å². The molecule has 0 N–H and O–H groups in total. The Kier molecular flexibility index (Phi) is 4.71. The number of halogens is 1. The maximum Gasteiger partial charge on any atom is 0.191 e. The normalized spacial score (nSPS) is 11.6. The molecule has 0 aliphatic heterocycles. The number of benzene rings is 2. The summed E-state index contributed by atoms with van der Waals surface area (Å²) in [6.45, 7) is 2.04. The van der Waals surface area contributed by atoms with Crippen molar-refractivity contribution in [3.63, 3.8) is 0 Å². The maximum atomic E-state index is 14.1. The van der Waals surface area contributed by atoms with Crippen LogP contribution in [-0.4, -0.2) is 29.1 Å². The van der Waals surface area contributed by atoms with Crippen LogP contribution in [0.5, 0.6) is 0 Å². The number of hydrogen-bond donors (Lipinski definition) is 0. The van der Waals surface area contributed by atoms with Gasteiger partial charge in [-0.3, -0.25) is 0 Å². The Hall–Kier alpha value is -3.26. The lowest BCUT2D eigenvalue weighted by molar-refractivity contribution is 0.631. The maximum absolute atomic E-state index is 14.1. The third kappa shape index (κ3) is 3.23. The summed E-state index contributed by atoms with van der Waals surface area (Å²) in [5.74, 6) is 1.92. The van der Waals surface area contributed by atoms with Crippen molar-refractivity contribution >= 4 is 28.3 Å². The number of hydrogen-bond acceptors (Lipinski definition) is 5. The van der Waals surface area contributed by atoms with Crippen molar-refractivity contribution in [3.05, 3.63) is 72.2 Å². The van der Waals surface area contributed by atoms with Gasteiger partial charge in [-0.25, -0.2) is 19.3 Å². The zero-order valence-electron chi connectivity index (χ0n) is 16.6. The third-order valence-electron chi connectivity index (χ3n) is 4.96. The Morgan fingerprint density at radius 1 is 1.00 bits per heavy atom. The number of rotatable bonds is 5. The van der Waals surface area contributed by atoms with Crippen LogP contribution in [0.1, 0.15) is 18.6 Å². The molecule has 5 rings (SSSR count). The lowest BCUT2D eigenvalue weighted by Crippen LogP contribution is -2.00. The van der Waals surface area contributed by atoms with Crippen LogP contribution >= 0.6 is 11.8 Å². The summed E-state index contributed by atoms with van der Waals surface area (Å²) in [7, 11) is 1.92. The van der Waals surface area contributed by atoms with E-state index in [-0.39, 0.29) is 5.82 Å². The highest BCUT2D eigenvalue weighted by atomic mass is 32.2. The summed E-state index contributed by atoms with van der Waals surface area (Å²) < 4.78 is 17.9. The zero-order valence-corrected chi connectivity index (χ0v) is 17.4.